The number of allylic oxidation sites excluding steroid dienone is 3. The van der Waals surface area contributed by atoms with Gasteiger partial charge in [-0.3, -0.25) is 0 Å². The van der Waals surface area contributed by atoms with Crippen LogP contribution in [0.25, 0.3) is 0 Å². The molecule has 48 valence electrons. The molecule has 1 aliphatic heterocycles. The maximum absolute atomic E-state index is 5.85. The zero-order chi connectivity index (χ0) is 6.85. The second-order valence-corrected chi connectivity index (χ2v) is 8.31. The van der Waals surface area contributed by atoms with Crippen LogP contribution in [0.2, 0.25) is 0 Å². The minimum atomic E-state index is -1.72. The molecule has 0 nitrogen and oxygen atoms in total. The van der Waals surface area contributed by atoms with Gasteiger partial charge in [0.25, 0.3) is 0 Å². The van der Waals surface area contributed by atoms with Crippen molar-refractivity contribution in [2.24, 2.45) is 0 Å². The van der Waals surface area contributed by atoms with Crippen LogP contribution in [0.3, 0.4) is 0 Å². The first-order valence-electron chi connectivity index (χ1n) is 2.31. The Balaban J connectivity index is 3.06. The summed E-state index contributed by atoms with van der Waals surface area (Å²) in [6, 6.07) is 0. The van der Waals surface area contributed by atoms with Crippen molar-refractivity contribution in [1.29, 1.82) is 0 Å². The Morgan fingerprint density at radius 1 is 1.33 bits per heavy atom. The van der Waals surface area contributed by atoms with Crippen molar-refractivity contribution in [2.75, 3.05) is 0 Å². The van der Waals surface area contributed by atoms with Crippen LogP contribution in [0.5, 0.6) is 0 Å². The molecule has 0 atom stereocenters. The second kappa shape index (κ2) is 3.24. The first-order chi connectivity index (χ1) is 4.22. The van der Waals surface area contributed by atoms with Crippen molar-refractivity contribution in [1.82, 2.24) is 0 Å². The van der Waals surface area contributed by atoms with E-state index in [-0.39, 0.29) is 0 Å². The fourth-order valence-corrected chi connectivity index (χ4v) is 4.14. The fourth-order valence-electron chi connectivity index (χ4n) is 0.477. The Hall–Kier alpha value is 0.763. The summed E-state index contributed by atoms with van der Waals surface area (Å²) in [5.74, 6) is 0. The Morgan fingerprint density at radius 3 is 2.44 bits per heavy atom. The molecule has 0 saturated carbocycles. The first kappa shape index (κ1) is 7.87. The number of hydrogen-bond acceptors (Lipinski definition) is 0. The number of halogens is 3. The molecule has 0 aliphatic carbocycles. The molecule has 0 radical (unpaired) electrons. The van der Waals surface area contributed by atoms with Gasteiger partial charge in [-0.2, -0.15) is 0 Å². The van der Waals surface area contributed by atoms with Crippen molar-refractivity contribution < 1.29 is 0 Å². The predicted octanol–water partition coefficient (Wildman–Crippen LogP) is 2.40. The van der Waals surface area contributed by atoms with Crippen LogP contribution in [0, 0.1) is 0 Å². The molecule has 0 bridgehead atoms. The molecule has 0 fully saturated rings. The third kappa shape index (κ3) is 1.84. The molecule has 0 amide bonds. The van der Waals surface area contributed by atoms with Gasteiger partial charge >= 0.3 is 72.1 Å². The summed E-state index contributed by atoms with van der Waals surface area (Å²) in [5.41, 5.74) is 0. The Labute approximate surface area is 71.9 Å². The molecule has 1 aliphatic rings. The van der Waals surface area contributed by atoms with Crippen molar-refractivity contribution in [3.63, 3.8) is 0 Å². The summed E-state index contributed by atoms with van der Waals surface area (Å²) in [5, 5.41) is 0.601. The molecule has 1 heterocycles. The molecule has 0 saturated heterocycles. The number of hydrogen-bond donors (Lipinski definition) is 0. The van der Waals surface area contributed by atoms with E-state index in [1.807, 2.05) is 11.0 Å². The average molecular weight is 242 g/mol. The summed E-state index contributed by atoms with van der Waals surface area (Å²) in [6.45, 7) is 0. The van der Waals surface area contributed by atoms with E-state index in [9.17, 15) is 0 Å². The van der Waals surface area contributed by atoms with Gasteiger partial charge in [-0.25, -0.2) is 0 Å². The molecular weight excluding hydrogens is 239 g/mol. The van der Waals surface area contributed by atoms with E-state index in [1.165, 1.54) is 0 Å². The van der Waals surface area contributed by atoms with Gasteiger partial charge in [0, 0.05) is 0 Å². The summed E-state index contributed by atoms with van der Waals surface area (Å²) in [4.78, 5) is 1.94. The van der Waals surface area contributed by atoms with Crippen LogP contribution < -0.4 is 0 Å². The third-order valence-corrected chi connectivity index (χ3v) is 7.51. The average Bonchev–Trinajstić information content (AvgIpc) is 1.83. The zero-order valence-corrected chi connectivity index (χ0v) is 8.73. The molecule has 9 heavy (non-hydrogen) atoms. The summed E-state index contributed by atoms with van der Waals surface area (Å²) in [6.07, 6.45) is 3.61. The predicted molar refractivity (Wildman–Crippen MR) is 45.5 cm³/mol. The topological polar surface area (TPSA) is 0 Å². The van der Waals surface area contributed by atoms with E-state index in [4.69, 9.17) is 33.2 Å². The van der Waals surface area contributed by atoms with E-state index in [2.05, 4.69) is 0 Å². The van der Waals surface area contributed by atoms with Gasteiger partial charge in [0.1, 0.15) is 0 Å². The van der Waals surface area contributed by atoms with Crippen LogP contribution in [0.4, 0.5) is 0 Å². The molecular formula is C5H3Cl3Ge. The van der Waals surface area contributed by atoms with E-state index in [0.29, 0.717) is 8.84 Å². The van der Waals surface area contributed by atoms with Gasteiger partial charge in [0.2, 0.25) is 0 Å². The molecule has 1 rings (SSSR count). The summed E-state index contributed by atoms with van der Waals surface area (Å²) >= 11 is 9.67. The van der Waals surface area contributed by atoms with E-state index < -0.39 is 13.0 Å². The molecule has 0 N–H and O–H groups in total. The molecule has 0 aromatic carbocycles. The SMILES string of the molecule is ClC1=CC=[CH][Ge]([Cl])=[C]1Cl. The number of rotatable bonds is 0. The summed E-state index contributed by atoms with van der Waals surface area (Å²) in [7, 11) is 5.85. The Bertz CT molecular complexity index is 214. The van der Waals surface area contributed by atoms with Gasteiger partial charge in [-0.1, -0.05) is 0 Å². The molecule has 0 aromatic rings. The Kier molecular flexibility index (Phi) is 2.83. The van der Waals surface area contributed by atoms with Crippen LogP contribution in [0.15, 0.2) is 22.1 Å². The van der Waals surface area contributed by atoms with Crippen molar-refractivity contribution >= 4 is 50.0 Å². The van der Waals surface area contributed by atoms with Gasteiger partial charge in [0.05, 0.1) is 0 Å². The maximum atomic E-state index is 5.85. The third-order valence-electron chi connectivity index (χ3n) is 0.904. The van der Waals surface area contributed by atoms with Gasteiger partial charge in [-0.05, 0) is 0 Å². The minimum absolute atomic E-state index is 0.601. The van der Waals surface area contributed by atoms with Crippen LogP contribution >= 0.6 is 33.2 Å². The van der Waals surface area contributed by atoms with Crippen molar-refractivity contribution in [3.8, 4) is 0 Å². The normalized spacial score (nSPS) is 18.3. The van der Waals surface area contributed by atoms with Gasteiger partial charge < -0.3 is 0 Å². The quantitative estimate of drug-likeness (QED) is 0.572. The van der Waals surface area contributed by atoms with Crippen molar-refractivity contribution in [3.05, 3.63) is 22.1 Å². The van der Waals surface area contributed by atoms with Crippen LogP contribution in [-0.2, 0) is 0 Å². The first-order valence-corrected chi connectivity index (χ1v) is 8.08. The van der Waals surface area contributed by atoms with E-state index in [1.54, 1.807) is 6.08 Å². The Morgan fingerprint density at radius 2 is 2.00 bits per heavy atom. The van der Waals surface area contributed by atoms with E-state index in [0.717, 1.165) is 0 Å². The second-order valence-electron chi connectivity index (χ2n) is 1.54. The molecule has 0 aromatic heterocycles. The molecule has 0 unspecified atom stereocenters. The zero-order valence-electron chi connectivity index (χ0n) is 4.37. The molecule has 4 heteroatoms. The van der Waals surface area contributed by atoms with Crippen LogP contribution in [0.1, 0.15) is 0 Å². The fraction of sp³-hybridized carbons (Fsp3) is 0. The van der Waals surface area contributed by atoms with Crippen molar-refractivity contribution in [2.45, 2.75) is 0 Å². The van der Waals surface area contributed by atoms with Gasteiger partial charge in [0.15, 0.2) is 0 Å². The van der Waals surface area contributed by atoms with E-state index >= 15 is 0 Å². The van der Waals surface area contributed by atoms with Gasteiger partial charge in [-0.15, -0.1) is 0 Å². The van der Waals surface area contributed by atoms with Crippen LogP contribution in [-0.4, -0.2) is 16.8 Å². The monoisotopic (exact) mass is 242 g/mol. The molecule has 0 spiro atoms. The standard InChI is InChI=1S/C5H3Cl3Ge/c6-4-2-1-3-9(8)5(4)7/h1-3H. The summed E-state index contributed by atoms with van der Waals surface area (Å²) < 4.78 is 0.667.